The van der Waals surface area contributed by atoms with Crippen LogP contribution in [0, 0.1) is 0 Å². The van der Waals surface area contributed by atoms with Crippen LogP contribution in [-0.4, -0.2) is 37.3 Å². The first kappa shape index (κ1) is 18.1. The SMILES string of the molecule is CCc1ccc(C2CNCCN2S(=O)(=O)c2cccc3cnccc23)cc1. The monoisotopic (exact) mass is 381 g/mol. The summed E-state index contributed by atoms with van der Waals surface area (Å²) in [4.78, 5) is 4.46. The molecule has 4 rings (SSSR count). The summed E-state index contributed by atoms with van der Waals surface area (Å²) >= 11 is 0. The molecule has 1 fully saturated rings. The maximum absolute atomic E-state index is 13.6. The van der Waals surface area contributed by atoms with Crippen LogP contribution in [0.4, 0.5) is 0 Å². The highest BCUT2D eigenvalue weighted by atomic mass is 32.2. The Balaban J connectivity index is 1.78. The minimum absolute atomic E-state index is 0.216. The van der Waals surface area contributed by atoms with Crippen molar-refractivity contribution in [3.63, 3.8) is 0 Å². The Morgan fingerprint density at radius 2 is 1.96 bits per heavy atom. The minimum atomic E-state index is -3.64. The van der Waals surface area contributed by atoms with Crippen molar-refractivity contribution in [2.45, 2.75) is 24.3 Å². The highest BCUT2D eigenvalue weighted by Crippen LogP contribution is 2.32. The number of fused-ring (bicyclic) bond motifs is 1. The number of hydrogen-bond donors (Lipinski definition) is 1. The van der Waals surface area contributed by atoms with E-state index in [0.717, 1.165) is 17.4 Å². The molecule has 0 spiro atoms. The van der Waals surface area contributed by atoms with Crippen LogP contribution >= 0.6 is 0 Å². The summed E-state index contributed by atoms with van der Waals surface area (Å²) < 4.78 is 28.8. The summed E-state index contributed by atoms with van der Waals surface area (Å²) in [6.45, 7) is 3.82. The van der Waals surface area contributed by atoms with E-state index in [2.05, 4.69) is 29.4 Å². The van der Waals surface area contributed by atoms with E-state index in [0.29, 0.717) is 29.9 Å². The molecule has 2 heterocycles. The first-order valence-corrected chi connectivity index (χ1v) is 10.7. The maximum Gasteiger partial charge on any atom is 0.244 e. The number of hydrogen-bond acceptors (Lipinski definition) is 4. The molecule has 1 aromatic heterocycles. The molecule has 140 valence electrons. The molecule has 3 aromatic rings. The fraction of sp³-hybridized carbons (Fsp3) is 0.286. The molecule has 5 nitrogen and oxygen atoms in total. The average Bonchev–Trinajstić information content (AvgIpc) is 2.73. The second-order valence-electron chi connectivity index (χ2n) is 6.78. The van der Waals surface area contributed by atoms with Crippen LogP contribution in [0.25, 0.3) is 10.8 Å². The molecule has 0 radical (unpaired) electrons. The van der Waals surface area contributed by atoms with E-state index in [-0.39, 0.29) is 6.04 Å². The van der Waals surface area contributed by atoms with Crippen molar-refractivity contribution in [3.05, 3.63) is 72.1 Å². The van der Waals surface area contributed by atoms with Gasteiger partial charge < -0.3 is 5.32 Å². The lowest BCUT2D eigenvalue weighted by atomic mass is 10.0. The second-order valence-corrected chi connectivity index (χ2v) is 8.64. The maximum atomic E-state index is 13.6. The lowest BCUT2D eigenvalue weighted by Gasteiger charge is -2.35. The zero-order valence-corrected chi connectivity index (χ0v) is 16.1. The minimum Gasteiger partial charge on any atom is -0.313 e. The molecule has 0 bridgehead atoms. The van der Waals surface area contributed by atoms with Gasteiger partial charge in [-0.05, 0) is 29.7 Å². The normalized spacial score (nSPS) is 18.6. The largest absolute Gasteiger partial charge is 0.313 e. The van der Waals surface area contributed by atoms with Crippen molar-refractivity contribution in [2.24, 2.45) is 0 Å². The van der Waals surface area contributed by atoms with Gasteiger partial charge >= 0.3 is 0 Å². The summed E-state index contributed by atoms with van der Waals surface area (Å²) in [5.41, 5.74) is 2.27. The molecule has 1 aliphatic heterocycles. The van der Waals surface area contributed by atoms with Gasteiger partial charge in [0, 0.05) is 42.8 Å². The third-order valence-corrected chi connectivity index (χ3v) is 7.16. The van der Waals surface area contributed by atoms with Crippen LogP contribution < -0.4 is 5.32 Å². The van der Waals surface area contributed by atoms with E-state index < -0.39 is 10.0 Å². The second kappa shape index (κ2) is 7.38. The number of pyridine rings is 1. The Morgan fingerprint density at radius 1 is 1.15 bits per heavy atom. The lowest BCUT2D eigenvalue weighted by Crippen LogP contribution is -2.48. The van der Waals surface area contributed by atoms with E-state index in [1.165, 1.54) is 5.56 Å². The Kier molecular flexibility index (Phi) is 4.95. The molecule has 1 saturated heterocycles. The van der Waals surface area contributed by atoms with Crippen LogP contribution in [0.1, 0.15) is 24.1 Å². The van der Waals surface area contributed by atoms with Gasteiger partial charge in [0.25, 0.3) is 0 Å². The van der Waals surface area contributed by atoms with E-state index in [1.807, 2.05) is 18.2 Å². The third kappa shape index (κ3) is 3.36. The molecular weight excluding hydrogens is 358 g/mol. The molecule has 6 heteroatoms. The third-order valence-electron chi connectivity index (χ3n) is 5.19. The van der Waals surface area contributed by atoms with Crippen molar-refractivity contribution in [1.82, 2.24) is 14.6 Å². The summed E-state index contributed by atoms with van der Waals surface area (Å²) in [6, 6.07) is 15.2. The van der Waals surface area contributed by atoms with Crippen molar-refractivity contribution in [2.75, 3.05) is 19.6 Å². The highest BCUT2D eigenvalue weighted by molar-refractivity contribution is 7.89. The standard InChI is InChI=1S/C21H23N3O2S/c1-2-16-6-8-17(9-7-16)20-15-23-12-13-24(20)27(25,26)21-5-3-4-18-14-22-11-10-19(18)21/h3-11,14,20,23H,2,12-13,15H2,1H3. The number of benzene rings is 2. The van der Waals surface area contributed by atoms with Gasteiger partial charge in [0.05, 0.1) is 10.9 Å². The number of rotatable bonds is 4. The smallest absolute Gasteiger partial charge is 0.244 e. The predicted molar refractivity (Wildman–Crippen MR) is 107 cm³/mol. The summed E-state index contributed by atoms with van der Waals surface area (Å²) in [5, 5.41) is 4.88. The van der Waals surface area contributed by atoms with Crippen LogP contribution in [0.5, 0.6) is 0 Å². The molecule has 27 heavy (non-hydrogen) atoms. The number of nitrogens with one attached hydrogen (secondary N) is 1. The van der Waals surface area contributed by atoms with Crippen molar-refractivity contribution in [1.29, 1.82) is 0 Å². The fourth-order valence-corrected chi connectivity index (χ4v) is 5.51. The number of sulfonamides is 1. The van der Waals surface area contributed by atoms with Gasteiger partial charge in [-0.3, -0.25) is 4.98 Å². The van der Waals surface area contributed by atoms with Gasteiger partial charge in [-0.1, -0.05) is 43.3 Å². The summed E-state index contributed by atoms with van der Waals surface area (Å²) in [7, 11) is -3.64. The van der Waals surface area contributed by atoms with E-state index in [4.69, 9.17) is 0 Å². The first-order valence-electron chi connectivity index (χ1n) is 9.25. The van der Waals surface area contributed by atoms with Crippen LogP contribution in [0.2, 0.25) is 0 Å². The molecule has 0 amide bonds. The average molecular weight is 382 g/mol. The van der Waals surface area contributed by atoms with Gasteiger partial charge in [0.1, 0.15) is 0 Å². The number of aryl methyl sites for hydroxylation is 1. The van der Waals surface area contributed by atoms with Crippen LogP contribution in [0.15, 0.2) is 65.8 Å². The molecule has 0 saturated carbocycles. The van der Waals surface area contributed by atoms with E-state index in [9.17, 15) is 8.42 Å². The van der Waals surface area contributed by atoms with E-state index >= 15 is 0 Å². The quantitative estimate of drug-likeness (QED) is 0.754. The fourth-order valence-electron chi connectivity index (χ4n) is 3.68. The Hall–Kier alpha value is -2.28. The van der Waals surface area contributed by atoms with Gasteiger partial charge in [-0.15, -0.1) is 0 Å². The van der Waals surface area contributed by atoms with E-state index in [1.54, 1.807) is 34.9 Å². The molecule has 2 aromatic carbocycles. The summed E-state index contributed by atoms with van der Waals surface area (Å²) in [5.74, 6) is 0. The molecule has 0 aliphatic carbocycles. The number of aromatic nitrogens is 1. The Morgan fingerprint density at radius 3 is 2.74 bits per heavy atom. The van der Waals surface area contributed by atoms with Gasteiger partial charge in [0.2, 0.25) is 10.0 Å². The Bertz CT molecular complexity index is 1040. The molecular formula is C21H23N3O2S. The zero-order chi connectivity index (χ0) is 18.9. The first-order chi connectivity index (χ1) is 13.1. The molecule has 1 N–H and O–H groups in total. The topological polar surface area (TPSA) is 62.3 Å². The zero-order valence-electron chi connectivity index (χ0n) is 15.3. The molecule has 1 aliphatic rings. The van der Waals surface area contributed by atoms with Gasteiger partial charge in [0.15, 0.2) is 0 Å². The molecule has 1 atom stereocenters. The number of piperazine rings is 1. The van der Waals surface area contributed by atoms with Crippen LogP contribution in [0.3, 0.4) is 0 Å². The van der Waals surface area contributed by atoms with Crippen molar-refractivity contribution in [3.8, 4) is 0 Å². The van der Waals surface area contributed by atoms with Crippen LogP contribution in [-0.2, 0) is 16.4 Å². The summed E-state index contributed by atoms with van der Waals surface area (Å²) in [6.07, 6.45) is 4.31. The highest BCUT2D eigenvalue weighted by Gasteiger charge is 2.35. The molecule has 1 unspecified atom stereocenters. The van der Waals surface area contributed by atoms with Crippen molar-refractivity contribution >= 4 is 20.8 Å². The predicted octanol–water partition coefficient (Wildman–Crippen LogP) is 3.13. The van der Waals surface area contributed by atoms with Crippen molar-refractivity contribution < 1.29 is 8.42 Å². The number of nitrogens with zero attached hydrogens (tertiary/aromatic N) is 2. The van der Waals surface area contributed by atoms with Gasteiger partial charge in [-0.2, -0.15) is 4.31 Å². The van der Waals surface area contributed by atoms with Gasteiger partial charge in [-0.25, -0.2) is 8.42 Å². The lowest BCUT2D eigenvalue weighted by molar-refractivity contribution is 0.271. The Labute approximate surface area is 160 Å².